The van der Waals surface area contributed by atoms with Crippen molar-refractivity contribution in [1.29, 1.82) is 0 Å². The summed E-state index contributed by atoms with van der Waals surface area (Å²) in [6.07, 6.45) is 1.16. The maximum Gasteiger partial charge on any atom is 0.331 e. The van der Waals surface area contributed by atoms with E-state index in [2.05, 4.69) is 15.5 Å². The Morgan fingerprint density at radius 1 is 1.36 bits per heavy atom. The summed E-state index contributed by atoms with van der Waals surface area (Å²) in [7, 11) is 1.29. The SMILES string of the molecule is CCCC(C)(NC(=O)c1nn(-c2cccc(Cl)c2)nc1C)C(=O)OC. The molecule has 0 bridgehead atoms. The minimum atomic E-state index is -1.12. The third kappa shape index (κ3) is 4.17. The Morgan fingerprint density at radius 3 is 2.68 bits per heavy atom. The van der Waals surface area contributed by atoms with Gasteiger partial charge in [-0.2, -0.15) is 9.90 Å². The molecule has 0 saturated heterocycles. The Balaban J connectivity index is 2.29. The van der Waals surface area contributed by atoms with Gasteiger partial charge in [-0.1, -0.05) is 31.0 Å². The second-order valence-electron chi connectivity index (χ2n) is 5.93. The molecule has 1 heterocycles. The van der Waals surface area contributed by atoms with Gasteiger partial charge in [-0.3, -0.25) is 4.79 Å². The summed E-state index contributed by atoms with van der Waals surface area (Å²) < 4.78 is 4.81. The first kappa shape index (κ1) is 18.9. The second-order valence-corrected chi connectivity index (χ2v) is 6.37. The van der Waals surface area contributed by atoms with Crippen LogP contribution in [0, 0.1) is 6.92 Å². The smallest absolute Gasteiger partial charge is 0.331 e. The van der Waals surface area contributed by atoms with Gasteiger partial charge in [0.25, 0.3) is 5.91 Å². The number of nitrogens with one attached hydrogen (secondary N) is 1. The van der Waals surface area contributed by atoms with Crippen LogP contribution in [-0.2, 0) is 9.53 Å². The van der Waals surface area contributed by atoms with Crippen LogP contribution in [0.3, 0.4) is 0 Å². The van der Waals surface area contributed by atoms with E-state index in [9.17, 15) is 9.59 Å². The maximum atomic E-state index is 12.6. The number of aryl methyl sites for hydroxylation is 1. The Morgan fingerprint density at radius 2 is 2.08 bits per heavy atom. The molecule has 1 aromatic carbocycles. The number of carbonyl (C=O) groups is 2. The van der Waals surface area contributed by atoms with Crippen LogP contribution in [0.15, 0.2) is 24.3 Å². The normalized spacial score (nSPS) is 13.2. The van der Waals surface area contributed by atoms with Crippen molar-refractivity contribution in [1.82, 2.24) is 20.3 Å². The van der Waals surface area contributed by atoms with Crippen LogP contribution in [0.4, 0.5) is 0 Å². The summed E-state index contributed by atoms with van der Waals surface area (Å²) in [5.74, 6) is -0.977. The molecule has 0 radical (unpaired) electrons. The lowest BCUT2D eigenvalue weighted by Crippen LogP contribution is -2.52. The van der Waals surface area contributed by atoms with Gasteiger partial charge in [-0.15, -0.1) is 5.10 Å². The first-order chi connectivity index (χ1) is 11.8. The molecule has 25 heavy (non-hydrogen) atoms. The molecule has 0 aliphatic heterocycles. The lowest BCUT2D eigenvalue weighted by molar-refractivity contribution is -0.147. The van der Waals surface area contributed by atoms with Crippen LogP contribution in [-0.4, -0.2) is 39.5 Å². The molecule has 8 heteroatoms. The highest BCUT2D eigenvalue weighted by molar-refractivity contribution is 6.30. The second kappa shape index (κ2) is 7.65. The zero-order chi connectivity index (χ0) is 18.6. The van der Waals surface area contributed by atoms with E-state index in [1.165, 1.54) is 11.9 Å². The molecule has 2 rings (SSSR count). The molecule has 0 saturated carbocycles. The number of esters is 1. The molecule has 1 N–H and O–H groups in total. The zero-order valence-corrected chi connectivity index (χ0v) is 15.4. The van der Waals surface area contributed by atoms with Crippen molar-refractivity contribution in [2.24, 2.45) is 0 Å². The first-order valence-electron chi connectivity index (χ1n) is 7.91. The third-order valence-electron chi connectivity index (χ3n) is 3.81. The van der Waals surface area contributed by atoms with E-state index >= 15 is 0 Å². The quantitative estimate of drug-likeness (QED) is 0.796. The number of methoxy groups -OCH3 is 1. The summed E-state index contributed by atoms with van der Waals surface area (Å²) >= 11 is 5.98. The topological polar surface area (TPSA) is 86.1 Å². The van der Waals surface area contributed by atoms with E-state index in [0.29, 0.717) is 29.2 Å². The number of halogens is 1. The minimum Gasteiger partial charge on any atom is -0.467 e. The van der Waals surface area contributed by atoms with E-state index in [0.717, 1.165) is 0 Å². The molecule has 1 unspecified atom stereocenters. The summed E-state index contributed by atoms with van der Waals surface area (Å²) in [5.41, 5.74) is 0.110. The van der Waals surface area contributed by atoms with Crippen molar-refractivity contribution >= 4 is 23.5 Å². The van der Waals surface area contributed by atoms with Gasteiger partial charge in [0.15, 0.2) is 5.69 Å². The van der Waals surface area contributed by atoms with Gasteiger partial charge in [0.1, 0.15) is 5.54 Å². The summed E-state index contributed by atoms with van der Waals surface area (Å²) in [6.45, 7) is 5.24. The van der Waals surface area contributed by atoms with E-state index in [1.807, 2.05) is 6.92 Å². The van der Waals surface area contributed by atoms with Crippen LogP contribution in [0.2, 0.25) is 5.02 Å². The number of carbonyl (C=O) groups excluding carboxylic acids is 2. The molecule has 0 fully saturated rings. The number of hydrogen-bond donors (Lipinski definition) is 1. The molecule has 1 aromatic heterocycles. The number of rotatable bonds is 6. The van der Waals surface area contributed by atoms with Crippen LogP contribution in [0.1, 0.15) is 42.9 Å². The van der Waals surface area contributed by atoms with Gasteiger partial charge in [0.2, 0.25) is 0 Å². The summed E-state index contributed by atoms with van der Waals surface area (Å²) in [4.78, 5) is 26.0. The Bertz CT molecular complexity index is 790. The van der Waals surface area contributed by atoms with Crippen LogP contribution < -0.4 is 5.32 Å². The summed E-state index contributed by atoms with van der Waals surface area (Å²) in [6, 6.07) is 6.98. The summed E-state index contributed by atoms with van der Waals surface area (Å²) in [5, 5.41) is 11.8. The molecule has 0 spiro atoms. The van der Waals surface area contributed by atoms with Gasteiger partial charge in [0.05, 0.1) is 18.5 Å². The molecular weight excluding hydrogens is 344 g/mol. The fourth-order valence-corrected chi connectivity index (χ4v) is 2.74. The van der Waals surface area contributed by atoms with Crippen LogP contribution >= 0.6 is 11.6 Å². The van der Waals surface area contributed by atoms with Crippen molar-refractivity contribution in [3.05, 3.63) is 40.7 Å². The number of ether oxygens (including phenoxy) is 1. The lowest BCUT2D eigenvalue weighted by atomic mass is 9.96. The molecule has 2 aromatic rings. The van der Waals surface area contributed by atoms with Crippen LogP contribution in [0.5, 0.6) is 0 Å². The predicted molar refractivity (Wildman–Crippen MR) is 93.9 cm³/mol. The molecular formula is C17H21ClN4O3. The van der Waals surface area contributed by atoms with Gasteiger partial charge >= 0.3 is 5.97 Å². The minimum absolute atomic E-state index is 0.145. The number of benzene rings is 1. The lowest BCUT2D eigenvalue weighted by Gasteiger charge is -2.27. The molecule has 1 atom stereocenters. The number of nitrogens with zero attached hydrogens (tertiary/aromatic N) is 3. The average molecular weight is 365 g/mol. The van der Waals surface area contributed by atoms with Crippen molar-refractivity contribution in [3.63, 3.8) is 0 Å². The Hall–Kier alpha value is -2.41. The number of hydrogen-bond acceptors (Lipinski definition) is 5. The van der Waals surface area contributed by atoms with Gasteiger partial charge in [-0.25, -0.2) is 4.79 Å². The van der Waals surface area contributed by atoms with E-state index < -0.39 is 17.4 Å². The monoisotopic (exact) mass is 364 g/mol. The van der Waals surface area contributed by atoms with Crippen molar-refractivity contribution < 1.29 is 14.3 Å². The Kier molecular flexibility index (Phi) is 5.79. The average Bonchev–Trinajstić information content (AvgIpc) is 2.96. The highest BCUT2D eigenvalue weighted by Gasteiger charge is 2.36. The third-order valence-corrected chi connectivity index (χ3v) is 4.05. The zero-order valence-electron chi connectivity index (χ0n) is 14.7. The van der Waals surface area contributed by atoms with Crippen molar-refractivity contribution in [2.75, 3.05) is 7.11 Å². The molecule has 134 valence electrons. The highest BCUT2D eigenvalue weighted by Crippen LogP contribution is 2.17. The molecule has 0 aliphatic rings. The van der Waals surface area contributed by atoms with E-state index in [-0.39, 0.29) is 5.69 Å². The fraction of sp³-hybridized carbons (Fsp3) is 0.412. The largest absolute Gasteiger partial charge is 0.467 e. The number of amides is 1. The van der Waals surface area contributed by atoms with Crippen molar-refractivity contribution in [2.45, 2.75) is 39.2 Å². The molecule has 7 nitrogen and oxygen atoms in total. The van der Waals surface area contributed by atoms with E-state index in [1.54, 1.807) is 38.1 Å². The van der Waals surface area contributed by atoms with E-state index in [4.69, 9.17) is 16.3 Å². The molecule has 1 amide bonds. The van der Waals surface area contributed by atoms with Gasteiger partial charge in [-0.05, 0) is 38.5 Å². The van der Waals surface area contributed by atoms with Crippen LogP contribution in [0.25, 0.3) is 5.69 Å². The number of aromatic nitrogens is 3. The fourth-order valence-electron chi connectivity index (χ4n) is 2.56. The maximum absolute atomic E-state index is 12.6. The van der Waals surface area contributed by atoms with Crippen molar-refractivity contribution in [3.8, 4) is 5.69 Å². The van der Waals surface area contributed by atoms with Gasteiger partial charge in [0, 0.05) is 5.02 Å². The first-order valence-corrected chi connectivity index (χ1v) is 8.29. The predicted octanol–water partition coefficient (Wildman–Crippen LogP) is 2.69. The highest BCUT2D eigenvalue weighted by atomic mass is 35.5. The van der Waals surface area contributed by atoms with Gasteiger partial charge < -0.3 is 10.1 Å². The molecule has 0 aliphatic carbocycles. The standard InChI is InChI=1S/C17H21ClN4O3/c1-5-9-17(3,16(24)25-4)19-15(23)14-11(2)20-22(21-14)13-8-6-7-12(18)10-13/h6-8,10H,5,9H2,1-4H3,(H,19,23). The Labute approximate surface area is 151 Å².